The zero-order valence-electron chi connectivity index (χ0n) is 36.9. The number of nitrogens with one attached hydrogen (secondary N) is 1. The van der Waals surface area contributed by atoms with Crippen LogP contribution in [0.1, 0.15) is 128 Å². The number of amides is 2. The van der Waals surface area contributed by atoms with E-state index in [4.69, 9.17) is 9.47 Å². The number of fused-ring (bicyclic) bond motifs is 3. The Labute approximate surface area is 383 Å². The molecule has 8 unspecified atom stereocenters. The molecule has 1 spiro atoms. The lowest BCUT2D eigenvalue weighted by Crippen LogP contribution is -2.54. The maximum atomic E-state index is 15.1. The second-order valence-electron chi connectivity index (χ2n) is 20.5. The van der Waals surface area contributed by atoms with E-state index in [-0.39, 0.29) is 71.9 Å². The van der Waals surface area contributed by atoms with Crippen molar-refractivity contribution in [3.8, 4) is 0 Å². The highest BCUT2D eigenvalue weighted by atomic mass is 33.1. The smallest absolute Gasteiger partial charge is 0.340 e. The predicted octanol–water partition coefficient (Wildman–Crippen LogP) is 9.03. The first-order valence-electron chi connectivity index (χ1n) is 24.3. The monoisotopic (exact) mass is 907 g/mol. The van der Waals surface area contributed by atoms with Crippen LogP contribution < -0.4 is 5.32 Å². The molecule has 13 heteroatoms. The van der Waals surface area contributed by atoms with Crippen LogP contribution >= 0.6 is 21.6 Å². The van der Waals surface area contributed by atoms with Gasteiger partial charge in [-0.1, -0.05) is 54.2 Å². The lowest BCUT2D eigenvalue weighted by atomic mass is 9.42. The standard InChI is InChI=1S/C51H61N3O8S2/c1-2-50(19-3-4-20-50)36-13-11-31-24-34-33-17-21-51(44(34)43-41(31)46(36)62-47(43)58)37-14-12-32(29-9-7-28(8-10-29)6-5-23-55)49(60)64-63-27-53-38-25-30(18-22-52-38)35(42(33)45(51)48(59)61-37)26-54-39(56)15-16-40(54)57/h14-16,18,22,25,28-29,31-35,44,49,55,60H,2-13,17,19-21,23-24,26-27H2,1H3,(H,52,53). The second-order valence-corrected chi connectivity index (χ2v) is 23.0. The molecule has 1 aromatic heterocycles. The molecule has 7 aliphatic carbocycles. The zero-order valence-corrected chi connectivity index (χ0v) is 38.5. The normalized spacial score (nSPS) is 36.6. The molecule has 1 saturated heterocycles. The minimum atomic E-state index is -0.957. The molecule has 8 atom stereocenters. The SMILES string of the molecule is CCC1(C2=C3OC(=O)C4=C3C(CC2)CC2C3CCC5(C6=CCC(C7CCC(CCCO)CC7)C(O)SSCNc7cc(ccn7)C(CN7C(=O)C=CC7=O)C3=C5C(=O)O6)C42)CCCC1. The highest BCUT2D eigenvalue weighted by Crippen LogP contribution is 2.73. The Morgan fingerprint density at radius 1 is 0.953 bits per heavy atom. The van der Waals surface area contributed by atoms with Gasteiger partial charge < -0.3 is 25.0 Å². The zero-order chi connectivity index (χ0) is 43.9. The van der Waals surface area contributed by atoms with Crippen LogP contribution in [0, 0.1) is 52.3 Å². The van der Waals surface area contributed by atoms with E-state index in [0.29, 0.717) is 41.8 Å². The van der Waals surface area contributed by atoms with Crippen LogP contribution in [0.2, 0.25) is 0 Å². The maximum absolute atomic E-state index is 15.1. The number of anilines is 1. The molecule has 4 fully saturated rings. The Balaban J connectivity index is 1.09. The van der Waals surface area contributed by atoms with Crippen LogP contribution in [-0.2, 0) is 28.7 Å². The lowest BCUT2D eigenvalue weighted by molar-refractivity contribution is -0.137. The summed E-state index contributed by atoms with van der Waals surface area (Å²) < 4.78 is 13.3. The summed E-state index contributed by atoms with van der Waals surface area (Å²) >= 11 is 0. The number of nitrogens with zero attached hydrogens (tertiary/aromatic N) is 2. The molecule has 4 aliphatic heterocycles. The highest BCUT2D eigenvalue weighted by Gasteiger charge is 2.70. The summed E-state index contributed by atoms with van der Waals surface area (Å²) in [6, 6.07) is 3.92. The van der Waals surface area contributed by atoms with Gasteiger partial charge in [0.15, 0.2) is 0 Å². The summed E-state index contributed by atoms with van der Waals surface area (Å²) in [4.78, 5) is 62.7. The first-order valence-corrected chi connectivity index (χ1v) is 26.7. The number of aromatic nitrogens is 1. The van der Waals surface area contributed by atoms with E-state index in [2.05, 4.69) is 23.3 Å². The summed E-state index contributed by atoms with van der Waals surface area (Å²) in [5, 5.41) is 25.1. The topological polar surface area (TPSA) is 155 Å². The summed E-state index contributed by atoms with van der Waals surface area (Å²) in [6.07, 6.45) is 22.7. The fourth-order valence-electron chi connectivity index (χ4n) is 15.0. The Hall–Kier alpha value is -3.65. The molecule has 11 nitrogen and oxygen atoms in total. The quantitative estimate of drug-likeness (QED) is 0.130. The van der Waals surface area contributed by atoms with Crippen LogP contribution in [0.25, 0.3) is 0 Å². The third-order valence-electron chi connectivity index (χ3n) is 17.9. The van der Waals surface area contributed by atoms with Gasteiger partial charge in [-0.2, -0.15) is 0 Å². The Morgan fingerprint density at radius 2 is 1.75 bits per heavy atom. The number of carbonyl (C=O) groups is 4. The Bertz CT molecular complexity index is 2280. The minimum absolute atomic E-state index is 0.000629. The molecule has 1 aromatic rings. The minimum Gasteiger partial charge on any atom is -0.427 e. The van der Waals surface area contributed by atoms with Gasteiger partial charge >= 0.3 is 11.9 Å². The van der Waals surface area contributed by atoms with Crippen LogP contribution in [0.3, 0.4) is 0 Å². The number of rotatable bonds is 8. The molecule has 340 valence electrons. The van der Waals surface area contributed by atoms with Gasteiger partial charge in [0, 0.05) is 60.4 Å². The molecule has 0 aromatic carbocycles. The lowest BCUT2D eigenvalue weighted by Gasteiger charge is -2.58. The van der Waals surface area contributed by atoms with Crippen molar-refractivity contribution >= 4 is 51.2 Å². The van der Waals surface area contributed by atoms with E-state index in [1.807, 2.05) is 12.1 Å². The van der Waals surface area contributed by atoms with E-state index in [1.165, 1.54) is 46.3 Å². The third-order valence-corrected chi connectivity index (χ3v) is 20.2. The highest BCUT2D eigenvalue weighted by molar-refractivity contribution is 8.76. The maximum Gasteiger partial charge on any atom is 0.340 e. The largest absolute Gasteiger partial charge is 0.427 e. The van der Waals surface area contributed by atoms with Crippen molar-refractivity contribution in [2.75, 3.05) is 24.3 Å². The molecule has 3 saturated carbocycles. The summed E-state index contributed by atoms with van der Waals surface area (Å²) in [5.74, 6) is 1.08. The van der Waals surface area contributed by atoms with Crippen molar-refractivity contribution in [3.05, 3.63) is 81.5 Å². The summed E-state index contributed by atoms with van der Waals surface area (Å²) in [7, 11) is 3.01. The fraction of sp³-hybridized carbons (Fsp3) is 0.627. The fourth-order valence-corrected chi connectivity index (χ4v) is 17.1. The molecular weight excluding hydrogens is 847 g/mol. The van der Waals surface area contributed by atoms with Crippen molar-refractivity contribution in [2.45, 2.75) is 127 Å². The van der Waals surface area contributed by atoms with Gasteiger partial charge in [-0.05, 0) is 153 Å². The molecular formula is C51H61N3O8S2. The van der Waals surface area contributed by atoms with E-state index in [0.717, 1.165) is 112 Å². The number of aliphatic hydroxyl groups excluding tert-OH is 2. The molecule has 64 heavy (non-hydrogen) atoms. The second kappa shape index (κ2) is 16.9. The molecule has 2 amide bonds. The number of hydrogen-bond acceptors (Lipinski definition) is 12. The van der Waals surface area contributed by atoms with Gasteiger partial charge in [-0.3, -0.25) is 14.5 Å². The number of carbonyl (C=O) groups excluding carboxylic acids is 4. The van der Waals surface area contributed by atoms with Gasteiger partial charge in [0.05, 0.1) is 16.9 Å². The molecule has 5 heterocycles. The average Bonchev–Trinajstić information content (AvgIpc) is 4.08. The molecule has 0 radical (unpaired) electrons. The van der Waals surface area contributed by atoms with Crippen molar-refractivity contribution in [2.24, 2.45) is 52.3 Å². The molecule has 12 rings (SSSR count). The number of imide groups is 1. The van der Waals surface area contributed by atoms with Gasteiger partial charge in [-0.25, -0.2) is 14.6 Å². The van der Waals surface area contributed by atoms with E-state index < -0.39 is 22.7 Å². The molecule has 3 N–H and O–H groups in total. The van der Waals surface area contributed by atoms with Crippen molar-refractivity contribution in [3.63, 3.8) is 0 Å². The number of ether oxygens (including phenoxy) is 2. The van der Waals surface area contributed by atoms with Crippen LogP contribution in [-0.4, -0.2) is 68.3 Å². The van der Waals surface area contributed by atoms with Crippen molar-refractivity contribution in [1.82, 2.24) is 9.88 Å². The molecule has 11 aliphatic rings. The Morgan fingerprint density at radius 3 is 2.52 bits per heavy atom. The van der Waals surface area contributed by atoms with E-state index in [9.17, 15) is 24.6 Å². The van der Waals surface area contributed by atoms with Crippen LogP contribution in [0.15, 0.2) is 75.9 Å². The average molecular weight is 908 g/mol. The van der Waals surface area contributed by atoms with E-state index in [1.54, 1.807) is 17.0 Å². The predicted molar refractivity (Wildman–Crippen MR) is 244 cm³/mol. The van der Waals surface area contributed by atoms with Crippen LogP contribution in [0.5, 0.6) is 0 Å². The first-order chi connectivity index (χ1) is 31.2. The van der Waals surface area contributed by atoms with Gasteiger partial charge in [0.1, 0.15) is 22.8 Å². The van der Waals surface area contributed by atoms with Crippen LogP contribution in [0.4, 0.5) is 5.82 Å². The van der Waals surface area contributed by atoms with Gasteiger partial charge in [-0.15, -0.1) is 0 Å². The summed E-state index contributed by atoms with van der Waals surface area (Å²) in [5.41, 5.74) is 3.96. The van der Waals surface area contributed by atoms with Gasteiger partial charge in [0.25, 0.3) is 11.8 Å². The van der Waals surface area contributed by atoms with Gasteiger partial charge in [0.2, 0.25) is 0 Å². The Kier molecular flexibility index (Phi) is 11.3. The van der Waals surface area contributed by atoms with Crippen molar-refractivity contribution in [1.29, 1.82) is 0 Å². The third kappa shape index (κ3) is 6.77. The molecule has 7 bridgehead atoms. The summed E-state index contributed by atoms with van der Waals surface area (Å²) in [6.45, 7) is 2.56. The number of pyridine rings is 1. The number of esters is 2. The number of hydrogen-bond donors (Lipinski definition) is 3. The van der Waals surface area contributed by atoms with E-state index >= 15 is 4.79 Å². The first kappa shape index (κ1) is 43.0. The van der Waals surface area contributed by atoms with Crippen molar-refractivity contribution < 1.29 is 38.9 Å². The number of aliphatic hydroxyl groups is 2. The number of allylic oxidation sites excluding steroid dienone is 4.